The van der Waals surface area contributed by atoms with Gasteiger partial charge < -0.3 is 15.8 Å². The van der Waals surface area contributed by atoms with E-state index in [4.69, 9.17) is 10.5 Å². The first-order chi connectivity index (χ1) is 7.66. The van der Waals surface area contributed by atoms with Crippen molar-refractivity contribution in [1.29, 1.82) is 0 Å². The van der Waals surface area contributed by atoms with Gasteiger partial charge in [0.1, 0.15) is 0 Å². The third kappa shape index (κ3) is 3.04. The zero-order valence-corrected chi connectivity index (χ0v) is 9.03. The highest BCUT2D eigenvalue weighted by molar-refractivity contribution is 5.78. The van der Waals surface area contributed by atoms with Crippen molar-refractivity contribution >= 4 is 5.96 Å². The molecule has 0 amide bonds. The summed E-state index contributed by atoms with van der Waals surface area (Å²) in [6, 6.07) is -0.201. The third-order valence-corrected chi connectivity index (χ3v) is 2.99. The predicted molar refractivity (Wildman–Crippen MR) is 56.5 cm³/mol. The van der Waals surface area contributed by atoms with Gasteiger partial charge in [0, 0.05) is 18.6 Å². The van der Waals surface area contributed by atoms with Gasteiger partial charge in [0.2, 0.25) is 6.43 Å². The summed E-state index contributed by atoms with van der Waals surface area (Å²) in [6.07, 6.45) is 0.422. The normalized spacial score (nSPS) is 34.4. The highest BCUT2D eigenvalue weighted by atomic mass is 19.3. The molecular formula is C10H17F2N3O. The Morgan fingerprint density at radius 3 is 2.94 bits per heavy atom. The van der Waals surface area contributed by atoms with Crippen LogP contribution in [0, 0.1) is 5.92 Å². The number of ether oxygens (including phenoxy) is 1. The molecule has 3 N–H and O–H groups in total. The number of alkyl halides is 2. The van der Waals surface area contributed by atoms with E-state index in [1.807, 2.05) is 0 Å². The van der Waals surface area contributed by atoms with E-state index in [0.29, 0.717) is 13.0 Å². The molecule has 2 rings (SSSR count). The number of rotatable bonds is 4. The van der Waals surface area contributed by atoms with Gasteiger partial charge in [0.25, 0.3) is 0 Å². The molecule has 0 bridgehead atoms. The van der Waals surface area contributed by atoms with Gasteiger partial charge in [-0.2, -0.15) is 0 Å². The number of hydrogen-bond acceptors (Lipinski definition) is 2. The van der Waals surface area contributed by atoms with Gasteiger partial charge in [-0.25, -0.2) is 8.78 Å². The van der Waals surface area contributed by atoms with Crippen LogP contribution in [0.15, 0.2) is 4.99 Å². The lowest BCUT2D eigenvalue weighted by molar-refractivity contribution is 0.117. The van der Waals surface area contributed by atoms with Crippen molar-refractivity contribution in [3.05, 3.63) is 0 Å². The minimum Gasteiger partial charge on any atom is -0.376 e. The number of hydrogen-bond donors (Lipinski definition) is 2. The average Bonchev–Trinajstić information content (AvgIpc) is 2.81. The number of nitrogens with zero attached hydrogens (tertiary/aromatic N) is 1. The number of halogens is 2. The van der Waals surface area contributed by atoms with Crippen molar-refractivity contribution in [2.75, 3.05) is 13.2 Å². The van der Waals surface area contributed by atoms with Crippen molar-refractivity contribution in [1.82, 2.24) is 5.32 Å². The van der Waals surface area contributed by atoms with Crippen LogP contribution in [0.1, 0.15) is 19.3 Å². The Bertz CT molecular complexity index is 267. The van der Waals surface area contributed by atoms with Crippen LogP contribution >= 0.6 is 0 Å². The first kappa shape index (κ1) is 11.6. The Labute approximate surface area is 93.2 Å². The van der Waals surface area contributed by atoms with Crippen molar-refractivity contribution < 1.29 is 13.5 Å². The first-order valence-electron chi connectivity index (χ1n) is 5.63. The van der Waals surface area contributed by atoms with Crippen LogP contribution in [0.25, 0.3) is 0 Å². The summed E-state index contributed by atoms with van der Waals surface area (Å²) >= 11 is 0. The monoisotopic (exact) mass is 233 g/mol. The Morgan fingerprint density at radius 1 is 1.56 bits per heavy atom. The fourth-order valence-electron chi connectivity index (χ4n) is 1.88. The smallest absolute Gasteiger partial charge is 0.243 e. The molecule has 0 aromatic heterocycles. The molecule has 1 heterocycles. The Morgan fingerprint density at radius 2 is 2.38 bits per heavy atom. The van der Waals surface area contributed by atoms with Crippen molar-refractivity contribution in [2.45, 2.75) is 37.8 Å². The minimum absolute atomic E-state index is 0.144. The van der Waals surface area contributed by atoms with Crippen molar-refractivity contribution in [2.24, 2.45) is 16.6 Å². The van der Waals surface area contributed by atoms with Crippen LogP contribution in [0.4, 0.5) is 8.78 Å². The molecule has 0 aromatic rings. The van der Waals surface area contributed by atoms with E-state index in [2.05, 4.69) is 10.3 Å². The highest BCUT2D eigenvalue weighted by Gasteiger charge is 2.44. The molecule has 1 saturated carbocycles. The topological polar surface area (TPSA) is 59.6 Å². The van der Waals surface area contributed by atoms with Gasteiger partial charge in [-0.3, -0.25) is 4.99 Å². The van der Waals surface area contributed by atoms with Crippen LogP contribution in [-0.2, 0) is 4.74 Å². The largest absolute Gasteiger partial charge is 0.376 e. The lowest BCUT2D eigenvalue weighted by atomic mass is 10.2. The van der Waals surface area contributed by atoms with Crippen LogP contribution in [-0.4, -0.2) is 37.7 Å². The number of nitrogens with two attached hydrogens (primary N) is 1. The lowest BCUT2D eigenvalue weighted by Gasteiger charge is -2.08. The zero-order chi connectivity index (χ0) is 11.5. The molecular weight excluding hydrogens is 216 g/mol. The van der Waals surface area contributed by atoms with E-state index >= 15 is 0 Å². The van der Waals surface area contributed by atoms with Gasteiger partial charge >= 0.3 is 0 Å². The van der Waals surface area contributed by atoms with E-state index in [-0.39, 0.29) is 18.1 Å². The fraction of sp³-hybridized carbons (Fsp3) is 0.900. The maximum atomic E-state index is 12.2. The van der Waals surface area contributed by atoms with Gasteiger partial charge in [-0.05, 0) is 19.3 Å². The summed E-state index contributed by atoms with van der Waals surface area (Å²) in [5.74, 6) is -0.305. The van der Waals surface area contributed by atoms with Gasteiger partial charge in [0.15, 0.2) is 5.96 Å². The van der Waals surface area contributed by atoms with Gasteiger partial charge in [0.05, 0.1) is 12.6 Å². The average molecular weight is 233 g/mol. The number of nitrogens with one attached hydrogen (secondary N) is 1. The standard InChI is InChI=1S/C10H17F2N3O/c11-9(12)7-4-8(7)15-10(13)14-5-6-2-1-3-16-6/h6-9H,1-5H2,(H3,13,14,15)/t6?,7-,8-/m0/s1. The van der Waals surface area contributed by atoms with Crippen LogP contribution in [0.5, 0.6) is 0 Å². The molecule has 2 aliphatic rings. The summed E-state index contributed by atoms with van der Waals surface area (Å²) in [6.45, 7) is 1.30. The summed E-state index contributed by atoms with van der Waals surface area (Å²) in [5.41, 5.74) is 5.59. The fourth-order valence-corrected chi connectivity index (χ4v) is 1.88. The summed E-state index contributed by atoms with van der Waals surface area (Å²) in [4.78, 5) is 4.09. The van der Waals surface area contributed by atoms with Crippen LogP contribution < -0.4 is 11.1 Å². The van der Waals surface area contributed by atoms with Crippen molar-refractivity contribution in [3.8, 4) is 0 Å². The molecule has 0 spiro atoms. The number of aliphatic imine (C=N–C) groups is 1. The second kappa shape index (κ2) is 4.95. The van der Waals surface area contributed by atoms with E-state index in [9.17, 15) is 8.78 Å². The molecule has 0 aromatic carbocycles. The van der Waals surface area contributed by atoms with Crippen LogP contribution in [0.3, 0.4) is 0 Å². The predicted octanol–water partition coefficient (Wildman–Crippen LogP) is 0.723. The highest BCUT2D eigenvalue weighted by Crippen LogP contribution is 2.35. The van der Waals surface area contributed by atoms with E-state index in [1.54, 1.807) is 0 Å². The third-order valence-electron chi connectivity index (χ3n) is 2.99. The minimum atomic E-state index is -2.26. The SMILES string of the molecule is NC(=NCC1CCCO1)N[C@H]1C[C@@H]1C(F)F. The second-order valence-electron chi connectivity index (χ2n) is 4.35. The van der Waals surface area contributed by atoms with E-state index in [1.165, 1.54) is 0 Å². The molecule has 0 radical (unpaired) electrons. The maximum absolute atomic E-state index is 12.2. The lowest BCUT2D eigenvalue weighted by Crippen LogP contribution is -2.35. The molecule has 92 valence electrons. The Hall–Kier alpha value is -0.910. The summed E-state index contributed by atoms with van der Waals surface area (Å²) < 4.78 is 29.8. The van der Waals surface area contributed by atoms with Crippen LogP contribution in [0.2, 0.25) is 0 Å². The van der Waals surface area contributed by atoms with Crippen molar-refractivity contribution in [3.63, 3.8) is 0 Å². The number of guanidine groups is 1. The maximum Gasteiger partial charge on any atom is 0.243 e. The molecule has 3 atom stereocenters. The molecule has 1 unspecified atom stereocenters. The Balaban J connectivity index is 1.67. The Kier molecular flexibility index (Phi) is 3.58. The molecule has 6 heteroatoms. The van der Waals surface area contributed by atoms with Gasteiger partial charge in [-0.15, -0.1) is 0 Å². The van der Waals surface area contributed by atoms with E-state index < -0.39 is 12.3 Å². The first-order valence-corrected chi connectivity index (χ1v) is 5.63. The second-order valence-corrected chi connectivity index (χ2v) is 4.35. The molecule has 4 nitrogen and oxygen atoms in total. The zero-order valence-electron chi connectivity index (χ0n) is 9.03. The molecule has 1 saturated heterocycles. The van der Waals surface area contributed by atoms with E-state index in [0.717, 1.165) is 19.4 Å². The quantitative estimate of drug-likeness (QED) is 0.555. The summed E-state index contributed by atoms with van der Waals surface area (Å²) in [5, 5.41) is 2.80. The van der Waals surface area contributed by atoms with Gasteiger partial charge in [-0.1, -0.05) is 0 Å². The summed E-state index contributed by atoms with van der Waals surface area (Å²) in [7, 11) is 0. The molecule has 1 aliphatic heterocycles. The molecule has 2 fully saturated rings. The molecule has 16 heavy (non-hydrogen) atoms. The molecule has 1 aliphatic carbocycles.